The second-order valence-corrected chi connectivity index (χ2v) is 5.59. The molecule has 1 aromatic carbocycles. The van der Waals surface area contributed by atoms with Gasteiger partial charge in [-0.05, 0) is 6.07 Å². The van der Waals surface area contributed by atoms with Gasteiger partial charge in [-0.3, -0.25) is 9.69 Å². The van der Waals surface area contributed by atoms with Crippen LogP contribution in [0.15, 0.2) is 29.8 Å². The summed E-state index contributed by atoms with van der Waals surface area (Å²) in [6, 6.07) is 7.04. The van der Waals surface area contributed by atoms with E-state index in [4.69, 9.17) is 0 Å². The second-order valence-electron chi connectivity index (χ2n) is 3.71. The summed E-state index contributed by atoms with van der Waals surface area (Å²) in [7, 11) is 0. The largest absolute Gasteiger partial charge is 0.508 e. The molecule has 0 saturated carbocycles. The van der Waals surface area contributed by atoms with Crippen LogP contribution in [0.1, 0.15) is 10.9 Å². The summed E-state index contributed by atoms with van der Waals surface area (Å²) in [5.74, 6) is 0.572. The van der Waals surface area contributed by atoms with Gasteiger partial charge in [0.05, 0.1) is 5.75 Å². The average Bonchev–Trinajstić information content (AvgIpc) is 2.98. The van der Waals surface area contributed by atoms with E-state index in [-0.39, 0.29) is 17.0 Å². The number of carbonyl (C=O) groups excluding carboxylic acids is 1. The number of hydrogen-bond donors (Lipinski definition) is 1. The van der Waals surface area contributed by atoms with Crippen LogP contribution in [0.5, 0.6) is 5.75 Å². The van der Waals surface area contributed by atoms with Gasteiger partial charge < -0.3 is 5.11 Å². The summed E-state index contributed by atoms with van der Waals surface area (Å²) in [6.07, 6.45) is 0. The van der Waals surface area contributed by atoms with Gasteiger partial charge in [0.25, 0.3) is 0 Å². The van der Waals surface area contributed by atoms with Crippen LogP contribution < -0.4 is 4.90 Å². The van der Waals surface area contributed by atoms with E-state index < -0.39 is 0 Å². The van der Waals surface area contributed by atoms with Gasteiger partial charge in [0.2, 0.25) is 11.0 Å². The van der Waals surface area contributed by atoms with Gasteiger partial charge in [0.15, 0.2) is 0 Å². The highest BCUT2D eigenvalue weighted by molar-refractivity contribution is 8.00. The molecule has 5 nitrogen and oxygen atoms in total. The van der Waals surface area contributed by atoms with Gasteiger partial charge in [0.1, 0.15) is 16.6 Å². The smallest absolute Gasteiger partial charge is 0.240 e. The third-order valence-electron chi connectivity index (χ3n) is 2.63. The molecule has 0 radical (unpaired) electrons. The minimum absolute atomic E-state index is 0.00926. The van der Waals surface area contributed by atoms with E-state index in [0.717, 1.165) is 5.56 Å². The fourth-order valence-corrected chi connectivity index (χ4v) is 3.68. The highest BCUT2D eigenvalue weighted by atomic mass is 32.2. The predicted octanol–water partition coefficient (Wildman–Crippen LogP) is 2.02. The SMILES string of the molecule is O=C1CSC(c2ccccc2O)N1c1nncs1. The van der Waals surface area contributed by atoms with Crippen molar-refractivity contribution in [2.24, 2.45) is 0 Å². The Morgan fingerprint density at radius 1 is 1.39 bits per heavy atom. The van der Waals surface area contributed by atoms with Crippen molar-refractivity contribution in [2.45, 2.75) is 5.37 Å². The van der Waals surface area contributed by atoms with Crippen LogP contribution in [0.2, 0.25) is 0 Å². The van der Waals surface area contributed by atoms with E-state index in [1.807, 2.05) is 12.1 Å². The number of anilines is 1. The number of para-hydroxylation sites is 1. The van der Waals surface area contributed by atoms with Crippen LogP contribution in [0.4, 0.5) is 5.13 Å². The second kappa shape index (κ2) is 4.58. The molecule has 1 saturated heterocycles. The monoisotopic (exact) mass is 279 g/mol. The Morgan fingerprint density at radius 2 is 2.22 bits per heavy atom. The van der Waals surface area contributed by atoms with Crippen molar-refractivity contribution in [3.8, 4) is 5.75 Å². The van der Waals surface area contributed by atoms with Crippen molar-refractivity contribution in [3.05, 3.63) is 35.3 Å². The fourth-order valence-electron chi connectivity index (χ4n) is 1.83. The summed E-state index contributed by atoms with van der Waals surface area (Å²) < 4.78 is 0. The number of amides is 1. The lowest BCUT2D eigenvalue weighted by molar-refractivity contribution is -0.115. The van der Waals surface area contributed by atoms with Crippen LogP contribution >= 0.6 is 23.1 Å². The Labute approximate surface area is 111 Å². The molecule has 3 rings (SSSR count). The molecule has 18 heavy (non-hydrogen) atoms. The van der Waals surface area contributed by atoms with Crippen molar-refractivity contribution in [1.82, 2.24) is 10.2 Å². The molecule has 1 amide bonds. The van der Waals surface area contributed by atoms with E-state index >= 15 is 0 Å². The van der Waals surface area contributed by atoms with E-state index in [1.165, 1.54) is 23.1 Å². The topological polar surface area (TPSA) is 66.3 Å². The van der Waals surface area contributed by atoms with Crippen LogP contribution in [0.3, 0.4) is 0 Å². The maximum absolute atomic E-state index is 11.9. The zero-order valence-corrected chi connectivity index (χ0v) is 10.8. The number of aromatic hydroxyl groups is 1. The summed E-state index contributed by atoms with van der Waals surface area (Å²) in [4.78, 5) is 13.5. The van der Waals surface area contributed by atoms with Crippen molar-refractivity contribution in [2.75, 3.05) is 10.7 Å². The molecule has 1 fully saturated rings. The van der Waals surface area contributed by atoms with Crippen LogP contribution in [0.25, 0.3) is 0 Å². The van der Waals surface area contributed by atoms with Gasteiger partial charge in [-0.2, -0.15) is 0 Å². The van der Waals surface area contributed by atoms with E-state index in [0.29, 0.717) is 10.9 Å². The summed E-state index contributed by atoms with van der Waals surface area (Å²) in [5.41, 5.74) is 2.32. The Bertz CT molecular complexity index is 573. The molecule has 92 valence electrons. The molecule has 1 aliphatic rings. The third kappa shape index (κ3) is 1.85. The molecule has 1 N–H and O–H groups in total. The zero-order chi connectivity index (χ0) is 12.5. The lowest BCUT2D eigenvalue weighted by atomic mass is 10.2. The number of nitrogens with zero attached hydrogens (tertiary/aromatic N) is 3. The zero-order valence-electron chi connectivity index (χ0n) is 9.18. The Hall–Kier alpha value is -1.60. The van der Waals surface area contributed by atoms with Gasteiger partial charge in [0, 0.05) is 5.56 Å². The quantitative estimate of drug-likeness (QED) is 0.911. The van der Waals surface area contributed by atoms with E-state index in [1.54, 1.807) is 22.5 Å². The summed E-state index contributed by atoms with van der Waals surface area (Å²) in [5, 5.41) is 17.9. The van der Waals surface area contributed by atoms with E-state index in [9.17, 15) is 9.90 Å². The molecule has 0 bridgehead atoms. The molecule has 1 unspecified atom stereocenters. The average molecular weight is 279 g/mol. The summed E-state index contributed by atoms with van der Waals surface area (Å²) in [6.45, 7) is 0. The molecule has 0 aliphatic carbocycles. The van der Waals surface area contributed by atoms with Gasteiger partial charge in [-0.1, -0.05) is 29.5 Å². The Morgan fingerprint density at radius 3 is 2.94 bits per heavy atom. The van der Waals surface area contributed by atoms with Crippen molar-refractivity contribution >= 4 is 34.1 Å². The first-order chi connectivity index (χ1) is 8.77. The Balaban J connectivity index is 2.02. The van der Waals surface area contributed by atoms with Crippen LogP contribution in [-0.2, 0) is 4.79 Å². The maximum Gasteiger partial charge on any atom is 0.240 e. The van der Waals surface area contributed by atoms with Crippen molar-refractivity contribution in [3.63, 3.8) is 0 Å². The molecule has 0 spiro atoms. The number of phenols is 1. The van der Waals surface area contributed by atoms with Crippen molar-refractivity contribution < 1.29 is 9.90 Å². The molecule has 2 heterocycles. The minimum atomic E-state index is -0.230. The first kappa shape index (κ1) is 11.5. The molecule has 1 aliphatic heterocycles. The molecule has 1 aromatic heterocycles. The first-order valence-corrected chi connectivity index (χ1v) is 7.18. The number of thioether (sulfide) groups is 1. The lowest BCUT2D eigenvalue weighted by Crippen LogP contribution is -2.27. The number of aromatic nitrogens is 2. The van der Waals surface area contributed by atoms with Gasteiger partial charge >= 0.3 is 0 Å². The molecule has 7 heteroatoms. The standard InChI is InChI=1S/C11H9N3O2S2/c15-8-4-2-1-3-7(8)10-14(9(16)5-17-10)11-13-12-6-18-11/h1-4,6,10,15H,5H2. The molecule has 2 aromatic rings. The molecule has 1 atom stereocenters. The number of carbonyl (C=O) groups is 1. The third-order valence-corrected chi connectivity index (χ3v) is 4.51. The van der Waals surface area contributed by atoms with Crippen LogP contribution in [-0.4, -0.2) is 27.0 Å². The van der Waals surface area contributed by atoms with Gasteiger partial charge in [-0.25, -0.2) is 0 Å². The first-order valence-electron chi connectivity index (χ1n) is 5.25. The fraction of sp³-hybridized carbons (Fsp3) is 0.182. The number of phenolic OH excluding ortho intramolecular Hbond substituents is 1. The normalized spacial score (nSPS) is 19.4. The molecular formula is C11H9N3O2S2. The summed E-state index contributed by atoms with van der Waals surface area (Å²) >= 11 is 2.80. The lowest BCUT2D eigenvalue weighted by Gasteiger charge is -2.21. The van der Waals surface area contributed by atoms with Gasteiger partial charge in [-0.15, -0.1) is 22.0 Å². The number of hydrogen-bond acceptors (Lipinski definition) is 6. The van der Waals surface area contributed by atoms with Crippen LogP contribution in [0, 0.1) is 0 Å². The highest BCUT2D eigenvalue weighted by Crippen LogP contribution is 2.44. The van der Waals surface area contributed by atoms with Crippen molar-refractivity contribution in [1.29, 1.82) is 0 Å². The highest BCUT2D eigenvalue weighted by Gasteiger charge is 2.36. The molecular weight excluding hydrogens is 270 g/mol. The number of benzene rings is 1. The van der Waals surface area contributed by atoms with E-state index in [2.05, 4.69) is 10.2 Å². The predicted molar refractivity (Wildman–Crippen MR) is 70.7 cm³/mol. The Kier molecular flexibility index (Phi) is 2.92. The minimum Gasteiger partial charge on any atom is -0.508 e. The number of rotatable bonds is 2. The maximum atomic E-state index is 11.9.